The number of nitrogens with zero attached hydrogens (tertiary/aromatic N) is 3. The molecule has 0 saturated carbocycles. The molecule has 0 aliphatic carbocycles. The molecule has 0 radical (unpaired) electrons. The first-order valence-electron chi connectivity index (χ1n) is 9.96. The third-order valence-corrected chi connectivity index (χ3v) is 5.58. The van der Waals surface area contributed by atoms with Crippen molar-refractivity contribution < 1.29 is 4.79 Å². The van der Waals surface area contributed by atoms with Gasteiger partial charge in [-0.25, -0.2) is 4.68 Å². The van der Waals surface area contributed by atoms with Crippen molar-refractivity contribution >= 4 is 28.9 Å². The lowest BCUT2D eigenvalue weighted by Gasteiger charge is -2.19. The molecule has 1 saturated heterocycles. The van der Waals surface area contributed by atoms with Crippen molar-refractivity contribution in [3.63, 3.8) is 0 Å². The van der Waals surface area contributed by atoms with Crippen LogP contribution in [0.25, 0.3) is 5.69 Å². The zero-order valence-electron chi connectivity index (χ0n) is 17.0. The maximum absolute atomic E-state index is 12.9. The lowest BCUT2D eigenvalue weighted by Crippen LogP contribution is -2.27. The van der Waals surface area contributed by atoms with Gasteiger partial charge >= 0.3 is 0 Å². The molecule has 6 nitrogen and oxygen atoms in total. The largest absolute Gasteiger partial charge is 0.372 e. The van der Waals surface area contributed by atoms with Crippen LogP contribution in [0.2, 0.25) is 5.02 Å². The minimum Gasteiger partial charge on any atom is -0.372 e. The third-order valence-electron chi connectivity index (χ3n) is 5.32. The summed E-state index contributed by atoms with van der Waals surface area (Å²) in [5.74, 6) is -0.528. The van der Waals surface area contributed by atoms with E-state index < -0.39 is 11.3 Å². The summed E-state index contributed by atoms with van der Waals surface area (Å²) in [6, 6.07) is 14.4. The van der Waals surface area contributed by atoms with Gasteiger partial charge in [0.25, 0.3) is 5.91 Å². The van der Waals surface area contributed by atoms with Gasteiger partial charge in [-0.05, 0) is 74.7 Å². The molecular weight excluding hydrogens is 400 g/mol. The number of aryl methyl sites for hydroxylation is 2. The van der Waals surface area contributed by atoms with Gasteiger partial charge in [0.1, 0.15) is 0 Å². The Morgan fingerprint density at radius 2 is 1.67 bits per heavy atom. The molecule has 2 aromatic carbocycles. The van der Waals surface area contributed by atoms with E-state index in [2.05, 4.69) is 21.4 Å². The average Bonchev–Trinajstić information content (AvgIpc) is 3.25. The SMILES string of the molecule is Cc1cc(N2CCCC2)ccc1NC(=O)c1nn(-c2ccc(Cl)cc2)c(C)cc1=O. The number of carbonyl (C=O) groups excluding carboxylic acids is 1. The quantitative estimate of drug-likeness (QED) is 0.678. The summed E-state index contributed by atoms with van der Waals surface area (Å²) >= 11 is 5.96. The highest BCUT2D eigenvalue weighted by atomic mass is 35.5. The second kappa shape index (κ2) is 8.32. The minimum absolute atomic E-state index is 0.154. The molecule has 0 atom stereocenters. The van der Waals surface area contributed by atoms with Crippen LogP contribution in [-0.2, 0) is 0 Å². The van der Waals surface area contributed by atoms with Crippen LogP contribution in [0.1, 0.15) is 34.6 Å². The van der Waals surface area contributed by atoms with Crippen molar-refractivity contribution in [1.29, 1.82) is 0 Å². The summed E-state index contributed by atoms with van der Waals surface area (Å²) in [6.07, 6.45) is 2.41. The summed E-state index contributed by atoms with van der Waals surface area (Å²) < 4.78 is 1.57. The Labute approximate surface area is 180 Å². The van der Waals surface area contributed by atoms with Gasteiger partial charge in [-0.3, -0.25) is 9.59 Å². The summed E-state index contributed by atoms with van der Waals surface area (Å²) in [6.45, 7) is 5.83. The maximum atomic E-state index is 12.9. The predicted octanol–water partition coefficient (Wildman–Crippen LogP) is 4.36. The van der Waals surface area contributed by atoms with Crippen LogP contribution in [-0.4, -0.2) is 28.8 Å². The molecule has 1 aliphatic rings. The first-order chi connectivity index (χ1) is 14.4. The number of hydrogen-bond acceptors (Lipinski definition) is 4. The molecule has 4 rings (SSSR count). The zero-order valence-corrected chi connectivity index (χ0v) is 17.7. The van der Waals surface area contributed by atoms with Crippen LogP contribution in [0, 0.1) is 13.8 Å². The average molecular weight is 423 g/mol. The number of halogens is 1. The van der Waals surface area contributed by atoms with Crippen molar-refractivity contribution in [2.45, 2.75) is 26.7 Å². The highest BCUT2D eigenvalue weighted by molar-refractivity contribution is 6.30. The van der Waals surface area contributed by atoms with Crippen LogP contribution in [0.4, 0.5) is 11.4 Å². The fraction of sp³-hybridized carbons (Fsp3) is 0.261. The molecule has 0 unspecified atom stereocenters. The zero-order chi connectivity index (χ0) is 21.3. The van der Waals surface area contributed by atoms with Crippen molar-refractivity contribution in [2.24, 2.45) is 0 Å². The fourth-order valence-electron chi connectivity index (χ4n) is 3.69. The molecule has 1 N–H and O–H groups in total. The highest BCUT2D eigenvalue weighted by Crippen LogP contribution is 2.25. The fourth-order valence-corrected chi connectivity index (χ4v) is 3.82. The van der Waals surface area contributed by atoms with Gasteiger partial charge in [-0.2, -0.15) is 5.10 Å². The number of hydrogen-bond donors (Lipinski definition) is 1. The van der Waals surface area contributed by atoms with Gasteiger partial charge in [0, 0.05) is 41.2 Å². The van der Waals surface area contributed by atoms with Gasteiger partial charge in [0.05, 0.1) is 5.69 Å². The van der Waals surface area contributed by atoms with E-state index in [0.29, 0.717) is 16.4 Å². The van der Waals surface area contributed by atoms with Crippen molar-refractivity contribution in [3.8, 4) is 5.69 Å². The maximum Gasteiger partial charge on any atom is 0.280 e. The molecule has 1 aliphatic heterocycles. The molecule has 1 amide bonds. The molecule has 1 aromatic heterocycles. The highest BCUT2D eigenvalue weighted by Gasteiger charge is 2.18. The normalized spacial score (nSPS) is 13.5. The van der Waals surface area contributed by atoms with Crippen LogP contribution < -0.4 is 15.6 Å². The number of amides is 1. The van der Waals surface area contributed by atoms with Crippen LogP contribution in [0.15, 0.2) is 53.3 Å². The Bertz CT molecular complexity index is 1150. The van der Waals surface area contributed by atoms with Crippen LogP contribution in [0.5, 0.6) is 0 Å². The topological polar surface area (TPSA) is 67.2 Å². The smallest absolute Gasteiger partial charge is 0.280 e. The van der Waals surface area contributed by atoms with E-state index in [9.17, 15) is 9.59 Å². The Balaban J connectivity index is 1.61. The second-order valence-electron chi connectivity index (χ2n) is 7.53. The van der Waals surface area contributed by atoms with Gasteiger partial charge < -0.3 is 10.2 Å². The van der Waals surface area contributed by atoms with E-state index in [4.69, 9.17) is 11.6 Å². The van der Waals surface area contributed by atoms with Gasteiger partial charge in [0.2, 0.25) is 5.43 Å². The number of nitrogens with one attached hydrogen (secondary N) is 1. The molecule has 0 bridgehead atoms. The van der Waals surface area contributed by atoms with Gasteiger partial charge in [-0.15, -0.1) is 0 Å². The van der Waals surface area contributed by atoms with Crippen molar-refractivity contribution in [1.82, 2.24) is 9.78 Å². The lowest BCUT2D eigenvalue weighted by atomic mass is 10.1. The number of benzene rings is 2. The third kappa shape index (κ3) is 4.09. The molecule has 154 valence electrons. The molecule has 2 heterocycles. The monoisotopic (exact) mass is 422 g/mol. The van der Waals surface area contributed by atoms with Crippen molar-refractivity contribution in [2.75, 3.05) is 23.3 Å². The molecule has 1 fully saturated rings. The van der Waals surface area contributed by atoms with E-state index in [1.54, 1.807) is 35.9 Å². The van der Waals surface area contributed by atoms with E-state index in [-0.39, 0.29) is 5.69 Å². The van der Waals surface area contributed by atoms with Gasteiger partial charge in [0.15, 0.2) is 5.69 Å². The van der Waals surface area contributed by atoms with Gasteiger partial charge in [-0.1, -0.05) is 11.6 Å². The van der Waals surface area contributed by atoms with Crippen LogP contribution >= 0.6 is 11.6 Å². The van der Waals surface area contributed by atoms with E-state index in [1.807, 2.05) is 19.1 Å². The van der Waals surface area contributed by atoms with E-state index in [1.165, 1.54) is 18.9 Å². The molecular formula is C23H23ClN4O2. The molecule has 7 heteroatoms. The number of aromatic nitrogens is 2. The Kier molecular flexibility index (Phi) is 5.59. The predicted molar refractivity (Wildman–Crippen MR) is 120 cm³/mol. The number of carbonyl (C=O) groups is 1. The lowest BCUT2D eigenvalue weighted by molar-refractivity contribution is 0.101. The molecule has 3 aromatic rings. The summed E-state index contributed by atoms with van der Waals surface area (Å²) in [5, 5.41) is 7.76. The molecule has 30 heavy (non-hydrogen) atoms. The first kappa shape index (κ1) is 20.2. The molecule has 0 spiro atoms. The standard InChI is InChI=1S/C23H23ClN4O2/c1-15-13-19(27-11-3-4-12-27)9-10-20(15)25-23(30)22-21(29)14-16(2)28(26-22)18-7-5-17(24)6-8-18/h5-10,13-14H,3-4,11-12H2,1-2H3,(H,25,30). The summed E-state index contributed by atoms with van der Waals surface area (Å²) in [7, 11) is 0. The minimum atomic E-state index is -0.528. The van der Waals surface area contributed by atoms with Crippen molar-refractivity contribution in [3.05, 3.63) is 80.7 Å². The number of anilines is 2. The van der Waals surface area contributed by atoms with E-state index in [0.717, 1.165) is 30.0 Å². The van der Waals surface area contributed by atoms with E-state index >= 15 is 0 Å². The summed E-state index contributed by atoms with van der Waals surface area (Å²) in [4.78, 5) is 27.7. The second-order valence-corrected chi connectivity index (χ2v) is 7.97. The number of rotatable bonds is 4. The Hall–Kier alpha value is -3.12. The Morgan fingerprint density at radius 3 is 2.33 bits per heavy atom. The van der Waals surface area contributed by atoms with Crippen LogP contribution in [0.3, 0.4) is 0 Å². The summed E-state index contributed by atoms with van der Waals surface area (Å²) in [5.41, 5.74) is 3.55. The first-order valence-corrected chi connectivity index (χ1v) is 10.3. The Morgan fingerprint density at radius 1 is 1.00 bits per heavy atom.